The number of esters is 1. The van der Waals surface area contributed by atoms with E-state index >= 15 is 0 Å². The highest BCUT2D eigenvalue weighted by Gasteiger charge is 2.32. The maximum absolute atomic E-state index is 12.7. The quantitative estimate of drug-likeness (QED) is 0.427. The van der Waals surface area contributed by atoms with E-state index in [1.165, 1.54) is 0 Å². The molecule has 0 aliphatic carbocycles. The number of benzene rings is 1. The van der Waals surface area contributed by atoms with Crippen LogP contribution in [-0.4, -0.2) is 34.7 Å². The normalized spacial score (nSPS) is 12.4. The third-order valence-electron chi connectivity index (χ3n) is 2.59. The molecule has 1 unspecified atom stereocenters. The molecule has 10 heteroatoms. The zero-order chi connectivity index (χ0) is 17.8. The summed E-state index contributed by atoms with van der Waals surface area (Å²) < 4.78 is 42.7. The second-order valence-electron chi connectivity index (χ2n) is 4.37. The van der Waals surface area contributed by atoms with E-state index in [0.29, 0.717) is 18.2 Å². The molecule has 6 nitrogen and oxygen atoms in total. The molecule has 0 aliphatic rings. The Labute approximate surface area is 134 Å². The van der Waals surface area contributed by atoms with Gasteiger partial charge in [-0.25, -0.2) is 9.59 Å². The van der Waals surface area contributed by atoms with Crippen molar-refractivity contribution in [2.24, 2.45) is 0 Å². The molecule has 0 spiro atoms. The number of carbonyl (C=O) groups is 3. The smallest absolute Gasteiger partial charge is 0.416 e. The second kappa shape index (κ2) is 7.36. The number of rotatable bonds is 5. The molecule has 126 valence electrons. The molecule has 1 aromatic rings. The van der Waals surface area contributed by atoms with Gasteiger partial charge in [-0.3, -0.25) is 4.79 Å². The Kier molecular flexibility index (Phi) is 6.02. The Hall–Kier alpha value is -2.23. The molecule has 2 N–H and O–H groups in total. The number of halogens is 3. The van der Waals surface area contributed by atoms with E-state index in [1.54, 1.807) is 0 Å². The van der Waals surface area contributed by atoms with Crippen molar-refractivity contribution in [1.82, 2.24) is 5.32 Å². The number of thiol groups is 1. The fraction of sp³-hybridized carbons (Fsp3) is 0.308. The molecule has 0 radical (unpaired) electrons. The lowest BCUT2D eigenvalue weighted by Crippen LogP contribution is -2.43. The Bertz CT molecular complexity index is 633. The number of aromatic carboxylic acids is 1. The van der Waals surface area contributed by atoms with Crippen LogP contribution in [0.1, 0.15) is 22.8 Å². The first-order valence-electron chi connectivity index (χ1n) is 6.10. The topological polar surface area (TPSA) is 92.7 Å². The van der Waals surface area contributed by atoms with Gasteiger partial charge in [0.05, 0.1) is 5.56 Å². The first-order valence-corrected chi connectivity index (χ1v) is 6.73. The number of ether oxygens (including phenoxy) is 1. The van der Waals surface area contributed by atoms with Crippen LogP contribution >= 0.6 is 12.6 Å². The fourth-order valence-corrected chi connectivity index (χ4v) is 1.80. The summed E-state index contributed by atoms with van der Waals surface area (Å²) in [4.78, 5) is 33.8. The molecule has 0 heterocycles. The van der Waals surface area contributed by atoms with Gasteiger partial charge < -0.3 is 15.2 Å². The van der Waals surface area contributed by atoms with Crippen molar-refractivity contribution in [3.05, 3.63) is 29.3 Å². The number of hydrogen-bond donors (Lipinski definition) is 3. The Balaban J connectivity index is 3.16. The molecule has 1 amide bonds. The lowest BCUT2D eigenvalue weighted by molar-refractivity contribution is -0.140. The van der Waals surface area contributed by atoms with Crippen LogP contribution in [0.2, 0.25) is 0 Å². The van der Waals surface area contributed by atoms with Crippen LogP contribution in [-0.2, 0) is 15.8 Å². The predicted molar refractivity (Wildman–Crippen MR) is 75.5 cm³/mol. The van der Waals surface area contributed by atoms with Gasteiger partial charge in [0.15, 0.2) is 0 Å². The van der Waals surface area contributed by atoms with E-state index < -0.39 is 46.9 Å². The minimum absolute atomic E-state index is 0.181. The summed E-state index contributed by atoms with van der Waals surface area (Å²) in [5.74, 6) is -4.22. The van der Waals surface area contributed by atoms with Crippen molar-refractivity contribution in [2.75, 3.05) is 5.75 Å². The van der Waals surface area contributed by atoms with Gasteiger partial charge in [-0.05, 0) is 18.2 Å². The average Bonchev–Trinajstić information content (AvgIpc) is 2.43. The highest BCUT2D eigenvalue weighted by atomic mass is 32.1. The molecule has 1 rings (SSSR count). The summed E-state index contributed by atoms with van der Waals surface area (Å²) in [6.07, 6.45) is -4.74. The zero-order valence-electron chi connectivity index (χ0n) is 11.7. The number of carbonyl (C=O) groups excluding carboxylic acids is 2. The highest BCUT2D eigenvalue weighted by molar-refractivity contribution is 7.80. The predicted octanol–water partition coefficient (Wildman–Crippen LogP) is 1.74. The zero-order valence-corrected chi connectivity index (χ0v) is 12.6. The number of alkyl halides is 3. The average molecular weight is 351 g/mol. The van der Waals surface area contributed by atoms with Gasteiger partial charge in [-0.15, -0.1) is 0 Å². The molecular weight excluding hydrogens is 339 g/mol. The fourth-order valence-electron chi connectivity index (χ4n) is 1.56. The maximum Gasteiger partial charge on any atom is 0.416 e. The summed E-state index contributed by atoms with van der Waals surface area (Å²) in [6, 6.07) is 0.420. The van der Waals surface area contributed by atoms with Gasteiger partial charge in [0, 0.05) is 12.7 Å². The second-order valence-corrected chi connectivity index (χ2v) is 4.74. The first kappa shape index (κ1) is 18.8. The minimum Gasteiger partial charge on any atom is -0.478 e. The van der Waals surface area contributed by atoms with Crippen molar-refractivity contribution in [3.63, 3.8) is 0 Å². The molecule has 0 aliphatic heterocycles. The van der Waals surface area contributed by atoms with Crippen molar-refractivity contribution >= 4 is 30.5 Å². The monoisotopic (exact) mass is 351 g/mol. The standard InChI is InChI=1S/C13H12F3NO5S/c1-6(18)17-9(5-23)12(21)22-10-4-7(13(14,15)16)2-3-8(10)11(19)20/h2-4,9,23H,5H2,1H3,(H,17,18)(H,19,20). The molecule has 0 fully saturated rings. The third kappa shape index (κ3) is 5.16. The molecule has 23 heavy (non-hydrogen) atoms. The van der Waals surface area contributed by atoms with Crippen molar-refractivity contribution in [2.45, 2.75) is 19.1 Å². The van der Waals surface area contributed by atoms with Crippen LogP contribution in [0.3, 0.4) is 0 Å². The van der Waals surface area contributed by atoms with E-state index in [1.807, 2.05) is 0 Å². The lowest BCUT2D eigenvalue weighted by atomic mass is 10.1. The summed E-state index contributed by atoms with van der Waals surface area (Å²) in [7, 11) is 0. The van der Waals surface area contributed by atoms with Crippen LogP contribution in [0.25, 0.3) is 0 Å². The van der Waals surface area contributed by atoms with Gasteiger partial charge in [-0.1, -0.05) is 0 Å². The van der Waals surface area contributed by atoms with Gasteiger partial charge in [0.1, 0.15) is 17.4 Å². The van der Waals surface area contributed by atoms with Crippen molar-refractivity contribution < 1.29 is 37.4 Å². The summed E-state index contributed by atoms with van der Waals surface area (Å²) in [5, 5.41) is 11.1. The molecule has 1 atom stereocenters. The van der Waals surface area contributed by atoms with Crippen LogP contribution in [0.5, 0.6) is 5.75 Å². The SMILES string of the molecule is CC(=O)NC(CS)C(=O)Oc1cc(C(F)(F)F)ccc1C(=O)O. The van der Waals surface area contributed by atoms with E-state index in [0.717, 1.165) is 6.92 Å². The number of amides is 1. The van der Waals surface area contributed by atoms with E-state index in [9.17, 15) is 27.6 Å². The minimum atomic E-state index is -4.74. The molecule has 0 bridgehead atoms. The van der Waals surface area contributed by atoms with Crippen LogP contribution in [0, 0.1) is 0 Å². The number of carboxylic acid groups (broad SMARTS) is 1. The maximum atomic E-state index is 12.7. The Morgan fingerprint density at radius 1 is 1.35 bits per heavy atom. The molecular formula is C13H12F3NO5S. The van der Waals surface area contributed by atoms with Crippen molar-refractivity contribution in [1.29, 1.82) is 0 Å². The summed E-state index contributed by atoms with van der Waals surface area (Å²) in [6.45, 7) is 1.12. The highest BCUT2D eigenvalue weighted by Crippen LogP contribution is 2.33. The Morgan fingerprint density at radius 2 is 1.96 bits per heavy atom. The third-order valence-corrected chi connectivity index (χ3v) is 2.96. The summed E-state index contributed by atoms with van der Waals surface area (Å²) in [5.41, 5.74) is -1.79. The largest absolute Gasteiger partial charge is 0.478 e. The van der Waals surface area contributed by atoms with E-state index in [4.69, 9.17) is 9.84 Å². The Morgan fingerprint density at radius 3 is 2.39 bits per heavy atom. The van der Waals surface area contributed by atoms with Gasteiger partial charge in [0.25, 0.3) is 0 Å². The lowest BCUT2D eigenvalue weighted by Gasteiger charge is -2.16. The van der Waals surface area contributed by atoms with E-state index in [-0.39, 0.29) is 5.75 Å². The van der Waals surface area contributed by atoms with Crippen molar-refractivity contribution in [3.8, 4) is 5.75 Å². The van der Waals surface area contributed by atoms with Crippen LogP contribution < -0.4 is 10.1 Å². The molecule has 0 saturated carbocycles. The van der Waals surface area contributed by atoms with E-state index in [2.05, 4.69) is 17.9 Å². The van der Waals surface area contributed by atoms with Gasteiger partial charge in [-0.2, -0.15) is 25.8 Å². The van der Waals surface area contributed by atoms with Crippen LogP contribution in [0.4, 0.5) is 13.2 Å². The number of carboxylic acids is 1. The summed E-state index contributed by atoms with van der Waals surface area (Å²) >= 11 is 3.82. The first-order chi connectivity index (χ1) is 10.6. The van der Waals surface area contributed by atoms with Gasteiger partial charge in [0.2, 0.25) is 5.91 Å². The number of hydrogen-bond acceptors (Lipinski definition) is 5. The molecule has 1 aromatic carbocycles. The molecule has 0 aromatic heterocycles. The van der Waals surface area contributed by atoms with Crippen LogP contribution in [0.15, 0.2) is 18.2 Å². The van der Waals surface area contributed by atoms with Gasteiger partial charge >= 0.3 is 18.1 Å². The molecule has 0 saturated heterocycles. The number of nitrogens with one attached hydrogen (secondary N) is 1.